The van der Waals surface area contributed by atoms with Gasteiger partial charge in [0.25, 0.3) is 11.5 Å². The van der Waals surface area contributed by atoms with Crippen LogP contribution in [0.3, 0.4) is 0 Å². The molecule has 0 unspecified atom stereocenters. The van der Waals surface area contributed by atoms with Gasteiger partial charge < -0.3 is 14.8 Å². The van der Waals surface area contributed by atoms with E-state index in [0.29, 0.717) is 29.0 Å². The van der Waals surface area contributed by atoms with E-state index in [9.17, 15) is 9.59 Å². The maximum atomic E-state index is 12.8. The lowest BCUT2D eigenvalue weighted by Gasteiger charge is -2.18. The highest BCUT2D eigenvalue weighted by Gasteiger charge is 2.38. The van der Waals surface area contributed by atoms with Crippen molar-refractivity contribution >= 4 is 17.5 Å². The molecule has 5 nitrogen and oxygen atoms in total. The van der Waals surface area contributed by atoms with Gasteiger partial charge in [-0.1, -0.05) is 29.8 Å². The van der Waals surface area contributed by atoms with E-state index in [2.05, 4.69) is 5.32 Å². The summed E-state index contributed by atoms with van der Waals surface area (Å²) in [5, 5.41) is 3.99. The molecule has 2 atom stereocenters. The van der Waals surface area contributed by atoms with E-state index >= 15 is 0 Å². The first-order chi connectivity index (χ1) is 12.1. The molecule has 2 saturated heterocycles. The van der Waals surface area contributed by atoms with Gasteiger partial charge in [0, 0.05) is 43.5 Å². The van der Waals surface area contributed by atoms with Crippen LogP contribution >= 0.6 is 11.6 Å². The molecule has 2 fully saturated rings. The van der Waals surface area contributed by atoms with Crippen molar-refractivity contribution in [3.63, 3.8) is 0 Å². The first kappa shape index (κ1) is 16.4. The van der Waals surface area contributed by atoms with E-state index in [4.69, 9.17) is 11.6 Å². The number of nitrogens with zero attached hydrogens (tertiary/aromatic N) is 2. The van der Waals surface area contributed by atoms with Crippen molar-refractivity contribution in [3.05, 3.63) is 69.1 Å². The number of rotatable bonds is 3. The van der Waals surface area contributed by atoms with Crippen molar-refractivity contribution in [2.45, 2.75) is 6.54 Å². The molecule has 6 heteroatoms. The standard InChI is InChI=1S/C19H20ClN3O2/c20-17-4-2-1-3-13(17)9-22-10-14(5-6-18(22)24)19(25)23-11-15-7-21-8-16(15)12-23/h1-6,10,15-16,21H,7-9,11-12H2/t15-,16+. The summed E-state index contributed by atoms with van der Waals surface area (Å²) in [5.74, 6) is 1.11. The Kier molecular flexibility index (Phi) is 4.36. The zero-order valence-electron chi connectivity index (χ0n) is 13.8. The highest BCUT2D eigenvalue weighted by molar-refractivity contribution is 6.31. The second-order valence-corrected chi connectivity index (χ2v) is 7.27. The minimum absolute atomic E-state index is 0.00214. The van der Waals surface area contributed by atoms with Gasteiger partial charge in [0.1, 0.15) is 0 Å². The second-order valence-electron chi connectivity index (χ2n) is 6.86. The molecule has 0 aliphatic carbocycles. The van der Waals surface area contributed by atoms with Crippen molar-refractivity contribution in [1.29, 1.82) is 0 Å². The molecule has 0 radical (unpaired) electrons. The molecular formula is C19H20ClN3O2. The monoisotopic (exact) mass is 357 g/mol. The topological polar surface area (TPSA) is 54.3 Å². The van der Waals surface area contributed by atoms with Gasteiger partial charge in [-0.05, 0) is 29.5 Å². The zero-order valence-corrected chi connectivity index (χ0v) is 14.6. The van der Waals surface area contributed by atoms with Crippen LogP contribution in [0.4, 0.5) is 0 Å². The largest absolute Gasteiger partial charge is 0.338 e. The van der Waals surface area contributed by atoms with Crippen molar-refractivity contribution in [3.8, 4) is 0 Å². The number of benzene rings is 1. The van der Waals surface area contributed by atoms with Crippen LogP contribution in [0.1, 0.15) is 15.9 Å². The smallest absolute Gasteiger partial charge is 0.255 e. The maximum absolute atomic E-state index is 12.8. The fourth-order valence-electron chi connectivity index (χ4n) is 3.80. The Balaban J connectivity index is 1.56. The van der Waals surface area contributed by atoms with Gasteiger partial charge >= 0.3 is 0 Å². The molecule has 2 aromatic rings. The first-order valence-electron chi connectivity index (χ1n) is 8.56. The number of amides is 1. The lowest BCUT2D eigenvalue weighted by molar-refractivity contribution is 0.0780. The number of carbonyl (C=O) groups is 1. The molecule has 3 heterocycles. The van der Waals surface area contributed by atoms with Crippen LogP contribution in [0.15, 0.2) is 47.4 Å². The average molecular weight is 358 g/mol. The van der Waals surface area contributed by atoms with E-state index in [1.807, 2.05) is 23.1 Å². The Morgan fingerprint density at radius 1 is 1.12 bits per heavy atom. The van der Waals surface area contributed by atoms with Crippen LogP contribution in [-0.4, -0.2) is 41.6 Å². The molecule has 0 spiro atoms. The zero-order chi connectivity index (χ0) is 17.4. The second kappa shape index (κ2) is 6.65. The molecule has 25 heavy (non-hydrogen) atoms. The van der Waals surface area contributed by atoms with Crippen LogP contribution in [0.2, 0.25) is 5.02 Å². The van der Waals surface area contributed by atoms with E-state index in [1.54, 1.807) is 22.9 Å². The summed E-state index contributed by atoms with van der Waals surface area (Å²) in [6.45, 7) is 3.91. The molecule has 130 valence electrons. The van der Waals surface area contributed by atoms with Crippen LogP contribution in [-0.2, 0) is 6.54 Å². The quantitative estimate of drug-likeness (QED) is 0.912. The van der Waals surface area contributed by atoms with Gasteiger partial charge in [0.05, 0.1) is 12.1 Å². The number of carbonyl (C=O) groups excluding carboxylic acids is 1. The van der Waals surface area contributed by atoms with Gasteiger partial charge in [-0.25, -0.2) is 0 Å². The molecule has 1 aromatic heterocycles. The summed E-state index contributed by atoms with van der Waals surface area (Å²) in [6.07, 6.45) is 1.65. The molecule has 2 aliphatic heterocycles. The summed E-state index contributed by atoms with van der Waals surface area (Å²) in [6, 6.07) is 10.5. The van der Waals surface area contributed by atoms with E-state index < -0.39 is 0 Å². The lowest BCUT2D eigenvalue weighted by Crippen LogP contribution is -2.33. The van der Waals surface area contributed by atoms with Crippen molar-refractivity contribution < 1.29 is 4.79 Å². The maximum Gasteiger partial charge on any atom is 0.255 e. The normalized spacial score (nSPS) is 22.2. The third-order valence-corrected chi connectivity index (χ3v) is 5.57. The molecule has 4 rings (SSSR count). The average Bonchev–Trinajstić information content (AvgIpc) is 3.20. The highest BCUT2D eigenvalue weighted by Crippen LogP contribution is 2.27. The molecular weight excluding hydrogens is 338 g/mol. The van der Waals surface area contributed by atoms with E-state index in [0.717, 1.165) is 31.7 Å². The Bertz CT molecular complexity index is 852. The molecule has 1 amide bonds. The number of nitrogens with one attached hydrogen (secondary N) is 1. The van der Waals surface area contributed by atoms with Crippen LogP contribution in [0.25, 0.3) is 0 Å². The summed E-state index contributed by atoms with van der Waals surface area (Å²) < 4.78 is 1.55. The summed E-state index contributed by atoms with van der Waals surface area (Å²) in [7, 11) is 0. The Labute approximate surface area is 151 Å². The molecule has 0 bridgehead atoms. The van der Waals surface area contributed by atoms with Gasteiger partial charge in [-0.3, -0.25) is 9.59 Å². The van der Waals surface area contributed by atoms with Crippen LogP contribution in [0, 0.1) is 11.8 Å². The lowest BCUT2D eigenvalue weighted by atomic mass is 10.0. The third kappa shape index (κ3) is 3.22. The molecule has 1 aromatic carbocycles. The minimum atomic E-state index is -0.140. The highest BCUT2D eigenvalue weighted by atomic mass is 35.5. The van der Waals surface area contributed by atoms with Gasteiger partial charge in [0.2, 0.25) is 0 Å². The third-order valence-electron chi connectivity index (χ3n) is 5.21. The fourth-order valence-corrected chi connectivity index (χ4v) is 3.99. The van der Waals surface area contributed by atoms with Crippen LogP contribution in [0.5, 0.6) is 0 Å². The van der Waals surface area contributed by atoms with E-state index in [1.165, 1.54) is 6.07 Å². The predicted octanol–water partition coefficient (Wildman–Crippen LogP) is 1.84. The Morgan fingerprint density at radius 2 is 1.84 bits per heavy atom. The van der Waals surface area contributed by atoms with Crippen molar-refractivity contribution in [2.75, 3.05) is 26.2 Å². The summed E-state index contributed by atoms with van der Waals surface area (Å²) >= 11 is 6.19. The SMILES string of the molecule is O=C(c1ccc(=O)n(Cc2ccccc2Cl)c1)N1C[C@H]2CNC[C@H]2C1. The first-order valence-corrected chi connectivity index (χ1v) is 8.93. The number of likely N-dealkylation sites (tertiary alicyclic amines) is 1. The summed E-state index contributed by atoms with van der Waals surface area (Å²) in [5.41, 5.74) is 1.27. The summed E-state index contributed by atoms with van der Waals surface area (Å²) in [4.78, 5) is 26.9. The Morgan fingerprint density at radius 3 is 2.56 bits per heavy atom. The number of fused-ring (bicyclic) bond motifs is 1. The number of aromatic nitrogens is 1. The number of hydrogen-bond acceptors (Lipinski definition) is 3. The number of halogens is 1. The number of pyridine rings is 1. The Hall–Kier alpha value is -2.11. The van der Waals surface area contributed by atoms with Gasteiger partial charge in [-0.2, -0.15) is 0 Å². The van der Waals surface area contributed by atoms with Gasteiger partial charge in [0.15, 0.2) is 0 Å². The predicted molar refractivity (Wildman–Crippen MR) is 97.0 cm³/mol. The van der Waals surface area contributed by atoms with Gasteiger partial charge in [-0.15, -0.1) is 0 Å². The van der Waals surface area contributed by atoms with Crippen molar-refractivity contribution in [2.24, 2.45) is 11.8 Å². The molecule has 1 N–H and O–H groups in total. The minimum Gasteiger partial charge on any atom is -0.338 e. The molecule has 0 saturated carbocycles. The fraction of sp³-hybridized carbons (Fsp3) is 0.368. The van der Waals surface area contributed by atoms with Crippen LogP contribution < -0.4 is 10.9 Å². The molecule has 2 aliphatic rings. The van der Waals surface area contributed by atoms with Crippen molar-refractivity contribution in [1.82, 2.24) is 14.8 Å². The number of hydrogen-bond donors (Lipinski definition) is 1. The van der Waals surface area contributed by atoms with E-state index in [-0.39, 0.29) is 11.5 Å².